The molecule has 4 nitrogen and oxygen atoms in total. The minimum absolute atomic E-state index is 0.509. The minimum Gasteiger partial charge on any atom is -0.438 e. The highest BCUT2D eigenvalue weighted by atomic mass is 16.6. The van der Waals surface area contributed by atoms with Crippen LogP contribution in [0.15, 0.2) is 30.3 Å². The molecular formula is C13H17NO3. The zero-order valence-corrected chi connectivity index (χ0v) is 10.3. The van der Waals surface area contributed by atoms with E-state index in [2.05, 4.69) is 0 Å². The van der Waals surface area contributed by atoms with Gasteiger partial charge < -0.3 is 9.84 Å². The molecule has 2 rings (SSSR count). The van der Waals surface area contributed by atoms with E-state index in [1.54, 1.807) is 26.0 Å². The zero-order chi connectivity index (χ0) is 12.7. The molecule has 1 aliphatic rings. The maximum Gasteiger partial charge on any atom is 0.417 e. The van der Waals surface area contributed by atoms with Gasteiger partial charge in [0.25, 0.3) is 0 Å². The van der Waals surface area contributed by atoms with E-state index in [0.29, 0.717) is 12.1 Å². The number of aliphatic hydroxyl groups is 1. The fraction of sp³-hybridized carbons (Fsp3) is 0.462. The molecular weight excluding hydrogens is 218 g/mol. The van der Waals surface area contributed by atoms with Crippen LogP contribution >= 0.6 is 0 Å². The molecule has 0 bridgehead atoms. The van der Waals surface area contributed by atoms with Gasteiger partial charge in [-0.1, -0.05) is 25.1 Å². The summed E-state index contributed by atoms with van der Waals surface area (Å²) in [4.78, 5) is 13.2. The van der Waals surface area contributed by atoms with Gasteiger partial charge in [0, 0.05) is 0 Å². The molecule has 1 amide bonds. The fourth-order valence-corrected chi connectivity index (χ4v) is 2.09. The Morgan fingerprint density at radius 1 is 1.29 bits per heavy atom. The summed E-state index contributed by atoms with van der Waals surface area (Å²) in [6.07, 6.45) is 0.0419. The first-order chi connectivity index (χ1) is 7.92. The lowest BCUT2D eigenvalue weighted by Crippen LogP contribution is -2.55. The summed E-state index contributed by atoms with van der Waals surface area (Å²) in [7, 11) is 0. The van der Waals surface area contributed by atoms with Crippen LogP contribution in [0.3, 0.4) is 0 Å². The number of para-hydroxylation sites is 1. The quantitative estimate of drug-likeness (QED) is 0.856. The van der Waals surface area contributed by atoms with E-state index in [4.69, 9.17) is 4.74 Å². The molecule has 0 radical (unpaired) electrons. The van der Waals surface area contributed by atoms with Gasteiger partial charge in [-0.25, -0.2) is 9.69 Å². The summed E-state index contributed by atoms with van der Waals surface area (Å²) in [6, 6.07) is 9.05. The van der Waals surface area contributed by atoms with Crippen molar-refractivity contribution in [2.24, 2.45) is 0 Å². The van der Waals surface area contributed by atoms with Crippen LogP contribution in [0, 0.1) is 0 Å². The van der Waals surface area contributed by atoms with Gasteiger partial charge in [-0.2, -0.15) is 0 Å². The third-order valence-electron chi connectivity index (χ3n) is 3.62. The fourth-order valence-electron chi connectivity index (χ4n) is 2.09. The second kappa shape index (κ2) is 3.74. The van der Waals surface area contributed by atoms with E-state index in [0.717, 1.165) is 0 Å². The smallest absolute Gasteiger partial charge is 0.417 e. The molecule has 1 heterocycles. The molecule has 1 aromatic rings. The Balaban J connectivity index is 2.46. The predicted octanol–water partition coefficient (Wildman–Crippen LogP) is 2.52. The molecule has 17 heavy (non-hydrogen) atoms. The number of benzene rings is 1. The largest absolute Gasteiger partial charge is 0.438 e. The molecule has 0 aromatic heterocycles. The van der Waals surface area contributed by atoms with Crippen LogP contribution in [0.2, 0.25) is 0 Å². The number of nitrogens with zero attached hydrogens (tertiary/aromatic N) is 1. The van der Waals surface area contributed by atoms with E-state index in [-0.39, 0.29) is 0 Å². The molecule has 2 unspecified atom stereocenters. The summed E-state index contributed by atoms with van der Waals surface area (Å²) < 4.78 is 5.32. The number of carbonyl (C=O) groups is 1. The highest BCUT2D eigenvalue weighted by Crippen LogP contribution is 2.42. The van der Waals surface area contributed by atoms with Crippen LogP contribution in [0.5, 0.6) is 0 Å². The number of ether oxygens (including phenoxy) is 1. The summed E-state index contributed by atoms with van der Waals surface area (Å²) >= 11 is 0. The Morgan fingerprint density at radius 3 is 2.35 bits per heavy atom. The molecule has 1 saturated heterocycles. The van der Waals surface area contributed by atoms with E-state index < -0.39 is 17.4 Å². The number of carbonyl (C=O) groups excluding carboxylic acids is 1. The summed E-state index contributed by atoms with van der Waals surface area (Å²) in [5.74, 6) is 0. The first kappa shape index (κ1) is 11.9. The standard InChI is InChI=1S/C13H17NO3/c1-4-12(2)13(3,16)14(11(15)17-12)10-8-6-5-7-9-10/h5-9,16H,4H2,1-3H3. The summed E-state index contributed by atoms with van der Waals surface area (Å²) in [5.41, 5.74) is -1.60. The van der Waals surface area contributed by atoms with Gasteiger partial charge >= 0.3 is 6.09 Å². The van der Waals surface area contributed by atoms with Crippen molar-refractivity contribution in [2.45, 2.75) is 38.5 Å². The van der Waals surface area contributed by atoms with Gasteiger partial charge in [-0.3, -0.25) is 0 Å². The van der Waals surface area contributed by atoms with Gasteiger partial charge in [-0.15, -0.1) is 0 Å². The van der Waals surface area contributed by atoms with Gasteiger partial charge in [0.05, 0.1) is 5.69 Å². The third kappa shape index (κ3) is 1.60. The maximum atomic E-state index is 11.9. The van der Waals surface area contributed by atoms with Crippen LogP contribution < -0.4 is 4.90 Å². The summed E-state index contributed by atoms with van der Waals surface area (Å²) in [5, 5.41) is 10.6. The zero-order valence-electron chi connectivity index (χ0n) is 10.3. The van der Waals surface area contributed by atoms with Gasteiger partial charge in [0.2, 0.25) is 0 Å². The third-order valence-corrected chi connectivity index (χ3v) is 3.62. The van der Waals surface area contributed by atoms with Gasteiger partial charge in [-0.05, 0) is 32.4 Å². The van der Waals surface area contributed by atoms with Crippen molar-refractivity contribution < 1.29 is 14.6 Å². The van der Waals surface area contributed by atoms with E-state index in [9.17, 15) is 9.90 Å². The molecule has 1 aliphatic heterocycles. The first-order valence-corrected chi connectivity index (χ1v) is 5.73. The van der Waals surface area contributed by atoms with Crippen LogP contribution in [0.4, 0.5) is 10.5 Å². The molecule has 1 N–H and O–H groups in total. The Bertz CT molecular complexity index is 430. The summed E-state index contributed by atoms with van der Waals surface area (Å²) in [6.45, 7) is 5.23. The Labute approximate surface area is 101 Å². The lowest BCUT2D eigenvalue weighted by Gasteiger charge is -2.36. The molecule has 0 spiro atoms. The lowest BCUT2D eigenvalue weighted by atomic mass is 9.90. The predicted molar refractivity (Wildman–Crippen MR) is 64.7 cm³/mol. The molecule has 4 heteroatoms. The molecule has 92 valence electrons. The second-order valence-electron chi connectivity index (χ2n) is 4.64. The molecule has 2 atom stereocenters. The van der Waals surface area contributed by atoms with E-state index >= 15 is 0 Å². The highest BCUT2D eigenvalue weighted by molar-refractivity contribution is 5.92. The van der Waals surface area contributed by atoms with Gasteiger partial charge in [0.1, 0.15) is 0 Å². The molecule has 0 saturated carbocycles. The topological polar surface area (TPSA) is 49.8 Å². The normalized spacial score (nSPS) is 32.7. The van der Waals surface area contributed by atoms with Crippen molar-refractivity contribution in [3.63, 3.8) is 0 Å². The second-order valence-corrected chi connectivity index (χ2v) is 4.64. The average molecular weight is 235 g/mol. The van der Waals surface area contributed by atoms with Crippen molar-refractivity contribution in [1.82, 2.24) is 0 Å². The minimum atomic E-state index is -1.35. The van der Waals surface area contributed by atoms with Crippen molar-refractivity contribution in [3.8, 4) is 0 Å². The molecule has 1 aromatic carbocycles. The van der Waals surface area contributed by atoms with Crippen LogP contribution in [-0.4, -0.2) is 22.5 Å². The highest BCUT2D eigenvalue weighted by Gasteiger charge is 2.58. The number of hydrogen-bond donors (Lipinski definition) is 1. The molecule has 0 aliphatic carbocycles. The Morgan fingerprint density at radius 2 is 1.88 bits per heavy atom. The lowest BCUT2D eigenvalue weighted by molar-refractivity contribution is -0.0861. The number of anilines is 1. The van der Waals surface area contributed by atoms with Crippen LogP contribution in [-0.2, 0) is 4.74 Å². The van der Waals surface area contributed by atoms with Crippen molar-refractivity contribution in [1.29, 1.82) is 0 Å². The number of amides is 1. The van der Waals surface area contributed by atoms with E-state index in [1.807, 2.05) is 25.1 Å². The number of cyclic esters (lactones) is 1. The maximum absolute atomic E-state index is 11.9. The monoisotopic (exact) mass is 235 g/mol. The number of rotatable bonds is 2. The molecule has 1 fully saturated rings. The van der Waals surface area contributed by atoms with Crippen LogP contribution in [0.1, 0.15) is 27.2 Å². The number of hydrogen-bond acceptors (Lipinski definition) is 3. The van der Waals surface area contributed by atoms with Gasteiger partial charge in [0.15, 0.2) is 11.3 Å². The Hall–Kier alpha value is -1.55. The first-order valence-electron chi connectivity index (χ1n) is 5.73. The Kier molecular flexibility index (Phi) is 2.62. The van der Waals surface area contributed by atoms with Crippen molar-refractivity contribution in [3.05, 3.63) is 30.3 Å². The van der Waals surface area contributed by atoms with Crippen molar-refractivity contribution in [2.75, 3.05) is 4.90 Å². The SMILES string of the molecule is CCC1(C)OC(=O)N(c2ccccc2)C1(C)O. The van der Waals surface area contributed by atoms with Crippen LogP contribution in [0.25, 0.3) is 0 Å². The van der Waals surface area contributed by atoms with Crippen molar-refractivity contribution >= 4 is 11.8 Å². The van der Waals surface area contributed by atoms with E-state index in [1.165, 1.54) is 4.90 Å². The average Bonchev–Trinajstić information content (AvgIpc) is 2.47.